The fourth-order valence-corrected chi connectivity index (χ4v) is 4.01. The molecule has 126 valence electrons. The highest BCUT2D eigenvalue weighted by molar-refractivity contribution is 7.18. The van der Waals surface area contributed by atoms with Crippen molar-refractivity contribution in [1.29, 1.82) is 0 Å². The molecule has 3 aromatic heterocycles. The third kappa shape index (κ3) is 3.40. The van der Waals surface area contributed by atoms with Crippen LogP contribution in [0.4, 0.5) is 0 Å². The summed E-state index contributed by atoms with van der Waals surface area (Å²) in [6.45, 7) is 3.79. The first-order chi connectivity index (χ1) is 11.6. The summed E-state index contributed by atoms with van der Waals surface area (Å²) < 4.78 is 10.2. The molecule has 3 aromatic rings. The smallest absolute Gasteiger partial charge is 0.332 e. The first kappa shape index (κ1) is 16.8. The summed E-state index contributed by atoms with van der Waals surface area (Å²) in [5, 5.41) is 4.46. The monoisotopic (exact) mass is 364 g/mol. The molecule has 0 bridgehead atoms. The van der Waals surface area contributed by atoms with Crippen molar-refractivity contribution < 1.29 is 14.3 Å². The fraction of sp³-hybridized carbons (Fsp3) is 0.312. The lowest BCUT2D eigenvalue weighted by molar-refractivity contribution is -0.154. The van der Waals surface area contributed by atoms with Crippen LogP contribution >= 0.6 is 22.7 Å². The first-order valence-corrected chi connectivity index (χ1v) is 9.18. The van der Waals surface area contributed by atoms with Gasteiger partial charge in [-0.1, -0.05) is 6.07 Å². The molecule has 8 heteroatoms. The second-order valence-corrected chi connectivity index (χ2v) is 6.83. The Morgan fingerprint density at radius 1 is 1.42 bits per heavy atom. The van der Waals surface area contributed by atoms with Crippen LogP contribution in [-0.4, -0.2) is 29.2 Å². The number of thiophene rings is 2. The van der Waals surface area contributed by atoms with E-state index >= 15 is 0 Å². The van der Waals surface area contributed by atoms with Crippen LogP contribution in [0.2, 0.25) is 0 Å². The molecule has 0 aliphatic heterocycles. The minimum atomic E-state index is -0.651. The molecule has 0 aliphatic carbocycles. The number of H-pyrrole nitrogens is 1. The van der Waals surface area contributed by atoms with E-state index in [-0.39, 0.29) is 12.2 Å². The maximum atomic E-state index is 12.5. The van der Waals surface area contributed by atoms with E-state index in [1.54, 1.807) is 25.2 Å². The van der Waals surface area contributed by atoms with Crippen LogP contribution in [0.15, 0.2) is 27.7 Å². The highest BCUT2D eigenvalue weighted by Crippen LogP contribution is 2.33. The Kier molecular flexibility index (Phi) is 5.08. The summed E-state index contributed by atoms with van der Waals surface area (Å²) in [5.74, 6) is -0.158. The maximum Gasteiger partial charge on any atom is 0.332 e. The van der Waals surface area contributed by atoms with E-state index in [0.717, 1.165) is 10.4 Å². The summed E-state index contributed by atoms with van der Waals surface area (Å²) in [5.41, 5.74) is 0.652. The lowest BCUT2D eigenvalue weighted by atomic mass is 10.2. The molecule has 0 spiro atoms. The Balaban J connectivity index is 1.89. The first-order valence-electron chi connectivity index (χ1n) is 7.42. The predicted octanol–water partition coefficient (Wildman–Crippen LogP) is 3.35. The van der Waals surface area contributed by atoms with E-state index in [1.165, 1.54) is 11.3 Å². The van der Waals surface area contributed by atoms with Crippen LogP contribution in [0.5, 0.6) is 0 Å². The van der Waals surface area contributed by atoms with E-state index < -0.39 is 12.1 Å². The molecule has 0 amide bonds. The zero-order valence-corrected chi connectivity index (χ0v) is 14.8. The zero-order chi connectivity index (χ0) is 17.1. The van der Waals surface area contributed by atoms with Crippen LogP contribution in [0.1, 0.15) is 25.8 Å². The molecular weight excluding hydrogens is 348 g/mol. The van der Waals surface area contributed by atoms with Crippen LogP contribution in [0.25, 0.3) is 20.7 Å². The third-order valence-electron chi connectivity index (χ3n) is 3.37. The molecule has 0 aliphatic rings. The van der Waals surface area contributed by atoms with Gasteiger partial charge in [0.15, 0.2) is 11.9 Å². The molecule has 1 atom stereocenters. The van der Waals surface area contributed by atoms with Crippen LogP contribution in [0.3, 0.4) is 0 Å². The number of esters is 1. The molecular formula is C16H16N2O4S2. The van der Waals surface area contributed by atoms with Crippen LogP contribution in [-0.2, 0) is 14.3 Å². The average Bonchev–Trinajstić information content (AvgIpc) is 3.21. The standard InChI is InChI=1S/C16H16N2O4S2/c1-3-21-7-12(19)22-9(2)14-17-15(20)13-10(8-24-16(13)18-14)11-5-4-6-23-11/h4-6,8-9H,3,7H2,1-2H3,(H,17,18,20)/t9-/m0/s1. The van der Waals surface area contributed by atoms with Gasteiger partial charge in [0.2, 0.25) is 0 Å². The van der Waals surface area contributed by atoms with Gasteiger partial charge in [-0.25, -0.2) is 9.78 Å². The van der Waals surface area contributed by atoms with Crippen molar-refractivity contribution in [3.63, 3.8) is 0 Å². The summed E-state index contributed by atoms with van der Waals surface area (Å²) in [7, 11) is 0. The van der Waals surface area contributed by atoms with Gasteiger partial charge in [0.05, 0.1) is 5.39 Å². The summed E-state index contributed by atoms with van der Waals surface area (Å²) in [6, 6.07) is 3.91. The molecule has 0 aromatic carbocycles. The van der Waals surface area contributed by atoms with E-state index in [2.05, 4.69) is 9.97 Å². The lowest BCUT2D eigenvalue weighted by Crippen LogP contribution is -2.19. The number of hydrogen-bond acceptors (Lipinski definition) is 7. The Hall–Kier alpha value is -2.03. The molecule has 1 N–H and O–H groups in total. The van der Waals surface area contributed by atoms with Gasteiger partial charge in [0.25, 0.3) is 5.56 Å². The van der Waals surface area contributed by atoms with Crippen molar-refractivity contribution in [3.05, 3.63) is 39.1 Å². The van der Waals surface area contributed by atoms with Gasteiger partial charge < -0.3 is 14.5 Å². The minimum absolute atomic E-state index is 0.116. The van der Waals surface area contributed by atoms with Gasteiger partial charge in [0, 0.05) is 22.4 Å². The number of hydrogen-bond donors (Lipinski definition) is 1. The zero-order valence-electron chi connectivity index (χ0n) is 13.2. The molecule has 0 radical (unpaired) electrons. The van der Waals surface area contributed by atoms with Crippen molar-refractivity contribution in [2.75, 3.05) is 13.2 Å². The third-order valence-corrected chi connectivity index (χ3v) is 5.14. The largest absolute Gasteiger partial charge is 0.453 e. The number of nitrogens with one attached hydrogen (secondary N) is 1. The van der Waals surface area contributed by atoms with Crippen molar-refractivity contribution >= 4 is 38.9 Å². The minimum Gasteiger partial charge on any atom is -0.453 e. The van der Waals surface area contributed by atoms with Gasteiger partial charge in [0.1, 0.15) is 11.4 Å². The summed E-state index contributed by atoms with van der Waals surface area (Å²) in [6.07, 6.45) is -0.651. The normalized spacial score (nSPS) is 12.4. The number of ether oxygens (including phenoxy) is 2. The second-order valence-electron chi connectivity index (χ2n) is 5.03. The molecule has 6 nitrogen and oxygen atoms in total. The van der Waals surface area contributed by atoms with Gasteiger partial charge in [-0.15, -0.1) is 22.7 Å². The van der Waals surface area contributed by atoms with Crippen molar-refractivity contribution in [2.24, 2.45) is 0 Å². The number of aromatic nitrogens is 2. The van der Waals surface area contributed by atoms with Gasteiger partial charge in [-0.05, 0) is 25.3 Å². The van der Waals surface area contributed by atoms with Crippen molar-refractivity contribution in [1.82, 2.24) is 9.97 Å². The second kappa shape index (κ2) is 7.25. The molecule has 0 saturated carbocycles. The molecule has 3 heterocycles. The highest BCUT2D eigenvalue weighted by Gasteiger charge is 2.18. The van der Waals surface area contributed by atoms with E-state index in [9.17, 15) is 9.59 Å². The summed E-state index contributed by atoms with van der Waals surface area (Å²) in [4.78, 5) is 33.0. The van der Waals surface area contributed by atoms with E-state index in [0.29, 0.717) is 22.6 Å². The average molecular weight is 364 g/mol. The lowest BCUT2D eigenvalue weighted by Gasteiger charge is -2.12. The quantitative estimate of drug-likeness (QED) is 0.678. The van der Waals surface area contributed by atoms with Crippen LogP contribution in [0, 0.1) is 0 Å². The highest BCUT2D eigenvalue weighted by atomic mass is 32.1. The van der Waals surface area contributed by atoms with Crippen molar-refractivity contribution in [2.45, 2.75) is 20.0 Å². The van der Waals surface area contributed by atoms with Gasteiger partial charge in [-0.3, -0.25) is 4.79 Å². The Morgan fingerprint density at radius 3 is 2.96 bits per heavy atom. The topological polar surface area (TPSA) is 81.3 Å². The number of carbonyl (C=O) groups excluding carboxylic acids is 1. The summed E-state index contributed by atoms with van der Waals surface area (Å²) >= 11 is 2.97. The van der Waals surface area contributed by atoms with E-state index in [4.69, 9.17) is 9.47 Å². The van der Waals surface area contributed by atoms with Gasteiger partial charge >= 0.3 is 5.97 Å². The molecule has 0 unspecified atom stereocenters. The molecule has 0 fully saturated rings. The predicted molar refractivity (Wildman–Crippen MR) is 94.6 cm³/mol. The number of rotatable bonds is 6. The number of fused-ring (bicyclic) bond motifs is 1. The Labute approximate surface area is 146 Å². The SMILES string of the molecule is CCOCC(=O)O[C@@H](C)c1nc2scc(-c3cccs3)c2c(=O)[nH]1. The van der Waals surface area contributed by atoms with E-state index in [1.807, 2.05) is 22.9 Å². The molecule has 24 heavy (non-hydrogen) atoms. The van der Waals surface area contributed by atoms with Gasteiger partial charge in [-0.2, -0.15) is 0 Å². The molecule has 3 rings (SSSR count). The maximum absolute atomic E-state index is 12.5. The van der Waals surface area contributed by atoms with Crippen LogP contribution < -0.4 is 5.56 Å². The Morgan fingerprint density at radius 2 is 2.25 bits per heavy atom. The molecule has 0 saturated heterocycles. The number of aromatic amines is 1. The van der Waals surface area contributed by atoms with Crippen molar-refractivity contribution in [3.8, 4) is 10.4 Å². The fourth-order valence-electron chi connectivity index (χ4n) is 2.24. The number of carbonyl (C=O) groups is 1. The number of nitrogens with zero attached hydrogens (tertiary/aromatic N) is 1. The Bertz CT molecular complexity index is 899.